The molecule has 0 saturated carbocycles. The number of nitriles is 1. The molecule has 2 rings (SSSR count). The highest BCUT2D eigenvalue weighted by Gasteiger charge is 2.42. The van der Waals surface area contributed by atoms with Gasteiger partial charge >= 0.3 is 5.97 Å². The number of carboxylic acids is 1. The highest BCUT2D eigenvalue weighted by Crippen LogP contribution is 2.32. The number of carbonyl (C=O) groups is 2. The van der Waals surface area contributed by atoms with E-state index in [-0.39, 0.29) is 12.5 Å². The van der Waals surface area contributed by atoms with Crippen molar-refractivity contribution in [2.45, 2.75) is 19.1 Å². The van der Waals surface area contributed by atoms with Crippen LogP contribution >= 0.6 is 0 Å². The van der Waals surface area contributed by atoms with E-state index in [2.05, 4.69) is 0 Å². The molecule has 0 aromatic heterocycles. The maximum Gasteiger partial charge on any atom is 0.335 e. The van der Waals surface area contributed by atoms with Crippen LogP contribution in [0.3, 0.4) is 0 Å². The average molecular weight is 274 g/mol. The number of carboxylic acid groups (broad SMARTS) is 1. The number of hydrogen-bond donors (Lipinski definition) is 1. The molecule has 1 saturated heterocycles. The summed E-state index contributed by atoms with van der Waals surface area (Å²) in [7, 11) is 0. The second kappa shape index (κ2) is 5.72. The first kappa shape index (κ1) is 14.0. The number of amides is 1. The summed E-state index contributed by atoms with van der Waals surface area (Å²) in [5.74, 6) is -1.42. The minimum Gasteiger partial charge on any atom is -0.479 e. The van der Waals surface area contributed by atoms with Gasteiger partial charge in [0, 0.05) is 6.54 Å². The number of nitrogens with zero attached hydrogens (tertiary/aromatic N) is 2. The summed E-state index contributed by atoms with van der Waals surface area (Å²) in [5, 5.41) is 18.4. The Morgan fingerprint density at radius 1 is 1.55 bits per heavy atom. The Morgan fingerprint density at radius 3 is 2.85 bits per heavy atom. The number of hydrogen-bond acceptors (Lipinski definition) is 4. The highest BCUT2D eigenvalue weighted by atomic mass is 16.5. The van der Waals surface area contributed by atoms with Gasteiger partial charge in [-0.15, -0.1) is 0 Å². The Kier molecular flexibility index (Phi) is 4.01. The molecule has 6 nitrogen and oxygen atoms in total. The van der Waals surface area contributed by atoms with Crippen LogP contribution < -0.4 is 0 Å². The normalized spacial score (nSPS) is 22.4. The van der Waals surface area contributed by atoms with Gasteiger partial charge in [-0.1, -0.05) is 18.2 Å². The van der Waals surface area contributed by atoms with Crippen molar-refractivity contribution in [3.8, 4) is 6.07 Å². The largest absolute Gasteiger partial charge is 0.479 e. The molecule has 104 valence electrons. The van der Waals surface area contributed by atoms with Gasteiger partial charge in [-0.25, -0.2) is 4.79 Å². The first-order valence-electron chi connectivity index (χ1n) is 6.23. The van der Waals surface area contributed by atoms with Crippen LogP contribution in [0.1, 0.15) is 24.1 Å². The van der Waals surface area contributed by atoms with E-state index in [9.17, 15) is 14.7 Å². The van der Waals surface area contributed by atoms with E-state index in [4.69, 9.17) is 10.00 Å². The third-order valence-corrected chi connectivity index (χ3v) is 3.31. The van der Waals surface area contributed by atoms with Crippen molar-refractivity contribution < 1.29 is 19.4 Å². The molecule has 0 radical (unpaired) electrons. The average Bonchev–Trinajstić information content (AvgIpc) is 2.46. The highest BCUT2D eigenvalue weighted by molar-refractivity contribution is 5.83. The lowest BCUT2D eigenvalue weighted by Gasteiger charge is -2.39. The van der Waals surface area contributed by atoms with Crippen molar-refractivity contribution in [1.82, 2.24) is 4.90 Å². The van der Waals surface area contributed by atoms with Crippen LogP contribution in [-0.4, -0.2) is 41.1 Å². The Hall–Kier alpha value is -2.39. The number of carbonyl (C=O) groups excluding carboxylic acids is 1. The lowest BCUT2D eigenvalue weighted by molar-refractivity contribution is -0.172. The van der Waals surface area contributed by atoms with Crippen molar-refractivity contribution in [3.63, 3.8) is 0 Å². The quantitative estimate of drug-likeness (QED) is 0.885. The predicted octanol–water partition coefficient (Wildman–Crippen LogP) is 0.931. The fourth-order valence-corrected chi connectivity index (χ4v) is 2.42. The lowest BCUT2D eigenvalue weighted by atomic mass is 9.94. The van der Waals surface area contributed by atoms with Crippen molar-refractivity contribution in [2.24, 2.45) is 0 Å². The third kappa shape index (κ3) is 2.36. The second-order valence-corrected chi connectivity index (χ2v) is 4.39. The van der Waals surface area contributed by atoms with E-state index in [0.717, 1.165) is 0 Å². The molecule has 2 atom stereocenters. The van der Waals surface area contributed by atoms with Crippen LogP contribution in [0.4, 0.5) is 0 Å². The number of benzene rings is 1. The lowest BCUT2D eigenvalue weighted by Crippen LogP contribution is -2.51. The van der Waals surface area contributed by atoms with Crippen LogP contribution in [0, 0.1) is 11.3 Å². The Bertz CT molecular complexity index is 577. The molecule has 0 bridgehead atoms. The molecule has 1 aromatic rings. The van der Waals surface area contributed by atoms with E-state index in [1.54, 1.807) is 31.2 Å². The number of aliphatic carboxylic acids is 1. The molecule has 1 aromatic carbocycles. The standard InChI is InChI=1S/C14H14N2O4/c1-2-16-11(17)8-20-13(14(18)19)12(16)10-6-4-3-5-9(10)7-15/h3-6,12-13H,2,8H2,1H3,(H,18,19). The molecule has 20 heavy (non-hydrogen) atoms. The number of morpholine rings is 1. The third-order valence-electron chi connectivity index (χ3n) is 3.31. The zero-order valence-electron chi connectivity index (χ0n) is 10.9. The van der Waals surface area contributed by atoms with Crippen LogP contribution in [0.5, 0.6) is 0 Å². The molecular formula is C14H14N2O4. The van der Waals surface area contributed by atoms with Gasteiger partial charge in [0.05, 0.1) is 17.7 Å². The monoisotopic (exact) mass is 274 g/mol. The number of rotatable bonds is 3. The molecule has 0 aliphatic carbocycles. The number of likely N-dealkylation sites (N-methyl/N-ethyl adjacent to an activating group) is 1. The van der Waals surface area contributed by atoms with Crippen LogP contribution in [0.25, 0.3) is 0 Å². The van der Waals surface area contributed by atoms with Crippen molar-refractivity contribution in [1.29, 1.82) is 5.26 Å². The molecule has 1 N–H and O–H groups in total. The topological polar surface area (TPSA) is 90.6 Å². The zero-order valence-corrected chi connectivity index (χ0v) is 10.9. The predicted molar refractivity (Wildman–Crippen MR) is 68.7 cm³/mol. The summed E-state index contributed by atoms with van der Waals surface area (Å²) in [6.07, 6.45) is -1.16. The summed E-state index contributed by atoms with van der Waals surface area (Å²) in [6.45, 7) is 1.87. The molecule has 1 fully saturated rings. The van der Waals surface area contributed by atoms with Gasteiger partial charge in [-0.2, -0.15) is 5.26 Å². The zero-order chi connectivity index (χ0) is 14.7. The maximum atomic E-state index is 11.9. The van der Waals surface area contributed by atoms with Gasteiger partial charge in [-0.3, -0.25) is 4.79 Å². The van der Waals surface area contributed by atoms with Crippen molar-refractivity contribution in [2.75, 3.05) is 13.2 Å². The first-order chi connectivity index (χ1) is 9.60. The molecule has 2 unspecified atom stereocenters. The van der Waals surface area contributed by atoms with Crippen molar-refractivity contribution in [3.05, 3.63) is 35.4 Å². The molecule has 0 spiro atoms. The van der Waals surface area contributed by atoms with Gasteiger partial charge in [0.2, 0.25) is 5.91 Å². The van der Waals surface area contributed by atoms with Gasteiger partial charge in [0.25, 0.3) is 0 Å². The summed E-state index contributed by atoms with van der Waals surface area (Å²) >= 11 is 0. The summed E-state index contributed by atoms with van der Waals surface area (Å²) in [4.78, 5) is 24.7. The molecule has 1 aliphatic heterocycles. The van der Waals surface area contributed by atoms with Crippen LogP contribution in [0.15, 0.2) is 24.3 Å². The number of ether oxygens (including phenoxy) is 1. The van der Waals surface area contributed by atoms with E-state index in [1.807, 2.05) is 6.07 Å². The summed E-state index contributed by atoms with van der Waals surface area (Å²) in [6, 6.07) is 7.90. The SMILES string of the molecule is CCN1C(=O)COC(C(=O)O)C1c1ccccc1C#N. The smallest absolute Gasteiger partial charge is 0.335 e. The van der Waals surface area contributed by atoms with E-state index < -0.39 is 18.1 Å². The van der Waals surface area contributed by atoms with Gasteiger partial charge < -0.3 is 14.7 Å². The second-order valence-electron chi connectivity index (χ2n) is 4.39. The minimum atomic E-state index is -1.16. The van der Waals surface area contributed by atoms with Crippen LogP contribution in [-0.2, 0) is 14.3 Å². The van der Waals surface area contributed by atoms with E-state index >= 15 is 0 Å². The van der Waals surface area contributed by atoms with Gasteiger partial charge in [0.1, 0.15) is 6.61 Å². The van der Waals surface area contributed by atoms with Gasteiger partial charge in [-0.05, 0) is 18.6 Å². The summed E-state index contributed by atoms with van der Waals surface area (Å²) < 4.78 is 5.15. The Morgan fingerprint density at radius 2 is 2.25 bits per heavy atom. The van der Waals surface area contributed by atoms with Gasteiger partial charge in [0.15, 0.2) is 6.10 Å². The van der Waals surface area contributed by atoms with E-state index in [1.165, 1.54) is 4.90 Å². The molecule has 1 amide bonds. The molecule has 1 aliphatic rings. The molecule has 1 heterocycles. The Balaban J connectivity index is 2.53. The fourth-order valence-electron chi connectivity index (χ4n) is 2.42. The summed E-state index contributed by atoms with van der Waals surface area (Å²) in [5.41, 5.74) is 0.845. The molecule has 6 heteroatoms. The first-order valence-corrected chi connectivity index (χ1v) is 6.23. The molecular weight excluding hydrogens is 260 g/mol. The minimum absolute atomic E-state index is 0.254. The maximum absolute atomic E-state index is 11.9. The fraction of sp³-hybridized carbons (Fsp3) is 0.357. The Labute approximate surface area is 116 Å². The van der Waals surface area contributed by atoms with Crippen LogP contribution in [0.2, 0.25) is 0 Å². The van der Waals surface area contributed by atoms with Crippen molar-refractivity contribution >= 4 is 11.9 Å². The van der Waals surface area contributed by atoms with E-state index in [0.29, 0.717) is 17.7 Å².